The summed E-state index contributed by atoms with van der Waals surface area (Å²) in [7, 11) is 3.30. The number of fused-ring (bicyclic) bond motifs is 1. The zero-order valence-corrected chi connectivity index (χ0v) is 23.6. The highest BCUT2D eigenvalue weighted by Crippen LogP contribution is 2.41. The van der Waals surface area contributed by atoms with Crippen molar-refractivity contribution in [3.05, 3.63) is 42.0 Å². The third kappa shape index (κ3) is 5.59. The average molecular weight is 547 g/mol. The van der Waals surface area contributed by atoms with Gasteiger partial charge in [0.15, 0.2) is 5.13 Å². The number of carbonyl (C=O) groups is 1. The van der Waals surface area contributed by atoms with Crippen molar-refractivity contribution in [1.82, 2.24) is 14.2 Å². The Morgan fingerprint density at radius 2 is 1.76 bits per heavy atom. The molecule has 37 heavy (non-hydrogen) atoms. The van der Waals surface area contributed by atoms with Crippen molar-refractivity contribution in [2.24, 2.45) is 0 Å². The number of anilines is 1. The third-order valence-electron chi connectivity index (χ3n) is 6.50. The number of rotatable bonds is 10. The van der Waals surface area contributed by atoms with Gasteiger partial charge in [0.1, 0.15) is 27.8 Å². The lowest BCUT2D eigenvalue weighted by Crippen LogP contribution is -2.48. The van der Waals surface area contributed by atoms with Crippen molar-refractivity contribution >= 4 is 42.6 Å². The molecule has 1 saturated heterocycles. The number of hydrogen-bond donors (Lipinski definition) is 0. The standard InChI is InChI=1S/C26H34N4O5S2/c1-18-9-11-19(12-10-18)37(32,33)30-17-6-8-20(30)25(31)29(16-7-15-28(2)3)26-27-23-21(34-4)13-14-22(35-5)24(23)36-26/h9-14,20H,6-8,15-17H2,1-5H3. The number of aromatic nitrogens is 1. The molecule has 4 rings (SSSR count). The molecule has 1 aromatic heterocycles. The van der Waals surface area contributed by atoms with Crippen LogP contribution in [0.2, 0.25) is 0 Å². The first kappa shape index (κ1) is 27.3. The van der Waals surface area contributed by atoms with Gasteiger partial charge in [-0.1, -0.05) is 29.0 Å². The Kier molecular flexibility index (Phi) is 8.37. The molecule has 11 heteroatoms. The van der Waals surface area contributed by atoms with Gasteiger partial charge < -0.3 is 14.4 Å². The van der Waals surface area contributed by atoms with Gasteiger partial charge >= 0.3 is 0 Å². The van der Waals surface area contributed by atoms with Gasteiger partial charge in [0, 0.05) is 13.1 Å². The minimum Gasteiger partial charge on any atom is -0.495 e. The second-order valence-electron chi connectivity index (χ2n) is 9.38. The average Bonchev–Trinajstić information content (AvgIpc) is 3.54. The fourth-order valence-corrected chi connectivity index (χ4v) is 7.29. The fraction of sp³-hybridized carbons (Fsp3) is 0.462. The summed E-state index contributed by atoms with van der Waals surface area (Å²) in [6.07, 6.45) is 1.79. The van der Waals surface area contributed by atoms with E-state index in [2.05, 4.69) is 4.90 Å². The van der Waals surface area contributed by atoms with E-state index in [1.165, 1.54) is 15.6 Å². The first-order chi connectivity index (χ1) is 17.7. The minimum atomic E-state index is -3.82. The van der Waals surface area contributed by atoms with Crippen LogP contribution in [0, 0.1) is 6.92 Å². The number of benzene rings is 2. The molecule has 1 aliphatic rings. The van der Waals surface area contributed by atoms with Gasteiger partial charge in [-0.25, -0.2) is 13.4 Å². The molecular weight excluding hydrogens is 512 g/mol. The molecule has 1 amide bonds. The number of ether oxygens (including phenoxy) is 2. The summed E-state index contributed by atoms with van der Waals surface area (Å²) in [5.41, 5.74) is 1.59. The SMILES string of the molecule is COc1ccc(OC)c2sc(N(CCCN(C)C)C(=O)C3CCCN3S(=O)(=O)c3ccc(C)cc3)nc12. The zero-order valence-electron chi connectivity index (χ0n) is 21.9. The lowest BCUT2D eigenvalue weighted by molar-refractivity contribution is -0.121. The Morgan fingerprint density at radius 1 is 1.08 bits per heavy atom. The largest absolute Gasteiger partial charge is 0.495 e. The summed E-state index contributed by atoms with van der Waals surface area (Å²) in [6.45, 7) is 3.40. The molecule has 200 valence electrons. The van der Waals surface area contributed by atoms with Crippen LogP contribution in [0.25, 0.3) is 10.2 Å². The Bertz CT molecular complexity index is 1310. The second kappa shape index (κ2) is 11.3. The number of methoxy groups -OCH3 is 2. The van der Waals surface area contributed by atoms with Crippen LogP contribution < -0.4 is 14.4 Å². The number of thiazole rings is 1. The first-order valence-corrected chi connectivity index (χ1v) is 14.5. The lowest BCUT2D eigenvalue weighted by Gasteiger charge is -2.29. The highest BCUT2D eigenvalue weighted by Gasteiger charge is 2.42. The maximum absolute atomic E-state index is 14.1. The quantitative estimate of drug-likeness (QED) is 0.382. The van der Waals surface area contributed by atoms with Gasteiger partial charge in [-0.15, -0.1) is 0 Å². The molecule has 1 unspecified atom stereocenters. The molecule has 2 heterocycles. The molecule has 2 aromatic carbocycles. The van der Waals surface area contributed by atoms with E-state index >= 15 is 0 Å². The first-order valence-electron chi connectivity index (χ1n) is 12.2. The molecule has 0 N–H and O–H groups in total. The summed E-state index contributed by atoms with van der Waals surface area (Å²) in [4.78, 5) is 22.7. The maximum Gasteiger partial charge on any atom is 0.247 e. The summed E-state index contributed by atoms with van der Waals surface area (Å²) in [5, 5.41) is 0.501. The maximum atomic E-state index is 14.1. The van der Waals surface area contributed by atoms with Crippen LogP contribution in [-0.4, -0.2) is 82.5 Å². The predicted octanol–water partition coefficient (Wildman–Crippen LogP) is 3.76. The van der Waals surface area contributed by atoms with Gasteiger partial charge in [0.2, 0.25) is 15.9 Å². The van der Waals surface area contributed by atoms with Crippen molar-refractivity contribution in [2.45, 2.75) is 37.1 Å². The van der Waals surface area contributed by atoms with E-state index in [9.17, 15) is 13.2 Å². The normalized spacial score (nSPS) is 16.4. The van der Waals surface area contributed by atoms with Crippen LogP contribution in [0.1, 0.15) is 24.8 Å². The molecule has 3 aromatic rings. The number of aryl methyl sites for hydroxylation is 1. The van der Waals surface area contributed by atoms with Crippen molar-refractivity contribution in [2.75, 3.05) is 52.8 Å². The van der Waals surface area contributed by atoms with Gasteiger partial charge in [-0.3, -0.25) is 9.69 Å². The van der Waals surface area contributed by atoms with Crippen molar-refractivity contribution < 1.29 is 22.7 Å². The highest BCUT2D eigenvalue weighted by molar-refractivity contribution is 7.89. The fourth-order valence-electron chi connectivity index (χ4n) is 4.54. The molecule has 0 radical (unpaired) electrons. The number of nitrogens with zero attached hydrogens (tertiary/aromatic N) is 4. The molecule has 9 nitrogen and oxygen atoms in total. The van der Waals surface area contributed by atoms with Crippen LogP contribution in [0.5, 0.6) is 11.5 Å². The van der Waals surface area contributed by atoms with Crippen molar-refractivity contribution in [3.8, 4) is 11.5 Å². The molecule has 0 bridgehead atoms. The van der Waals surface area contributed by atoms with E-state index in [4.69, 9.17) is 14.5 Å². The monoisotopic (exact) mass is 546 g/mol. The van der Waals surface area contributed by atoms with E-state index in [0.717, 1.165) is 16.8 Å². The number of hydrogen-bond acceptors (Lipinski definition) is 8. The number of sulfonamides is 1. The van der Waals surface area contributed by atoms with E-state index in [0.29, 0.717) is 54.5 Å². The molecule has 1 aliphatic heterocycles. The number of amides is 1. The molecule has 0 spiro atoms. The van der Waals surface area contributed by atoms with Crippen molar-refractivity contribution in [1.29, 1.82) is 0 Å². The summed E-state index contributed by atoms with van der Waals surface area (Å²) >= 11 is 1.35. The summed E-state index contributed by atoms with van der Waals surface area (Å²) in [6, 6.07) is 9.56. The topological polar surface area (TPSA) is 92.3 Å². The van der Waals surface area contributed by atoms with Crippen LogP contribution in [0.15, 0.2) is 41.3 Å². The van der Waals surface area contributed by atoms with Gasteiger partial charge in [0.25, 0.3) is 0 Å². The van der Waals surface area contributed by atoms with Crippen LogP contribution in [-0.2, 0) is 14.8 Å². The summed E-state index contributed by atoms with van der Waals surface area (Å²) < 4.78 is 40.2. The molecule has 1 atom stereocenters. The Morgan fingerprint density at radius 3 is 2.41 bits per heavy atom. The van der Waals surface area contributed by atoms with Crippen LogP contribution in [0.4, 0.5) is 5.13 Å². The van der Waals surface area contributed by atoms with Crippen LogP contribution >= 0.6 is 11.3 Å². The summed E-state index contributed by atoms with van der Waals surface area (Å²) in [5.74, 6) is 0.969. The van der Waals surface area contributed by atoms with Gasteiger partial charge in [-0.05, 0) is 71.1 Å². The van der Waals surface area contributed by atoms with Gasteiger partial charge in [-0.2, -0.15) is 4.31 Å². The number of carbonyl (C=O) groups excluding carboxylic acids is 1. The third-order valence-corrected chi connectivity index (χ3v) is 9.51. The van der Waals surface area contributed by atoms with Crippen LogP contribution in [0.3, 0.4) is 0 Å². The van der Waals surface area contributed by atoms with Crippen molar-refractivity contribution in [3.63, 3.8) is 0 Å². The molecule has 1 fully saturated rings. The Labute approximate surface area is 222 Å². The lowest BCUT2D eigenvalue weighted by atomic mass is 10.2. The molecule has 0 aliphatic carbocycles. The van der Waals surface area contributed by atoms with Gasteiger partial charge in [0.05, 0.1) is 19.1 Å². The Hall–Kier alpha value is -2.73. The second-order valence-corrected chi connectivity index (χ2v) is 12.2. The van der Waals surface area contributed by atoms with E-state index in [-0.39, 0.29) is 10.8 Å². The predicted molar refractivity (Wildman–Crippen MR) is 146 cm³/mol. The smallest absolute Gasteiger partial charge is 0.247 e. The molecular formula is C26H34N4O5S2. The van der Waals surface area contributed by atoms with E-state index < -0.39 is 16.1 Å². The van der Waals surface area contributed by atoms with E-state index in [1.54, 1.807) is 49.5 Å². The molecule has 0 saturated carbocycles. The van der Waals surface area contributed by atoms with E-state index in [1.807, 2.05) is 27.1 Å². The zero-order chi connectivity index (χ0) is 26.7. The Balaban J connectivity index is 1.71. The highest BCUT2D eigenvalue weighted by atomic mass is 32.2. The minimum absolute atomic E-state index is 0.200.